The third-order valence-corrected chi connectivity index (χ3v) is 6.35. The molecule has 2 aliphatic heterocycles. The second kappa shape index (κ2) is 3.56. The average molecular weight is 230 g/mol. The van der Waals surface area contributed by atoms with Crippen LogP contribution in [0.1, 0.15) is 52.9 Å². The van der Waals surface area contributed by atoms with E-state index in [2.05, 4.69) is 20.8 Å². The second-order valence-corrected chi connectivity index (χ2v) is 8.18. The Labute approximate surface area is 94.9 Å². The third-order valence-electron chi connectivity index (χ3n) is 4.24. The Morgan fingerprint density at radius 2 is 1.67 bits per heavy atom. The van der Waals surface area contributed by atoms with Crippen LogP contribution in [0.15, 0.2) is 0 Å². The van der Waals surface area contributed by atoms with Crippen molar-refractivity contribution >= 4 is 10.8 Å². The van der Waals surface area contributed by atoms with Gasteiger partial charge in [0.05, 0.1) is 5.60 Å². The predicted octanol–water partition coefficient (Wildman–Crippen LogP) is 2.23. The lowest BCUT2D eigenvalue weighted by Crippen LogP contribution is -2.55. The van der Waals surface area contributed by atoms with E-state index in [0.717, 1.165) is 25.7 Å². The first-order valence-electron chi connectivity index (χ1n) is 5.95. The van der Waals surface area contributed by atoms with Crippen LogP contribution in [0.3, 0.4) is 0 Å². The standard InChI is InChI=1S/C12H22O2S/c1-11(2,3)12(13)7-9-5-4-6-10(8-12)15(9)14/h9-10,13H,4-8H2,1-3H3. The molecule has 2 aliphatic rings. The Morgan fingerprint density at radius 1 is 1.20 bits per heavy atom. The summed E-state index contributed by atoms with van der Waals surface area (Å²) in [6.45, 7) is 6.28. The molecule has 0 spiro atoms. The van der Waals surface area contributed by atoms with Gasteiger partial charge in [-0.2, -0.15) is 0 Å². The van der Waals surface area contributed by atoms with E-state index >= 15 is 0 Å². The molecule has 0 aromatic heterocycles. The van der Waals surface area contributed by atoms with Crippen molar-refractivity contribution in [3.8, 4) is 0 Å². The number of rotatable bonds is 0. The number of hydrogen-bond acceptors (Lipinski definition) is 2. The van der Waals surface area contributed by atoms with Gasteiger partial charge in [-0.25, -0.2) is 0 Å². The maximum Gasteiger partial charge on any atom is 0.0718 e. The Kier molecular flexibility index (Phi) is 2.75. The van der Waals surface area contributed by atoms with E-state index in [1.54, 1.807) is 0 Å². The fourth-order valence-corrected chi connectivity index (χ4v) is 5.12. The molecule has 2 atom stereocenters. The summed E-state index contributed by atoms with van der Waals surface area (Å²) in [4.78, 5) is 0. The first kappa shape index (κ1) is 11.6. The molecule has 0 amide bonds. The SMILES string of the molecule is CC(C)(C)C1(O)CC2CCCC(C1)S2=O. The van der Waals surface area contributed by atoms with Gasteiger partial charge in [-0.1, -0.05) is 27.2 Å². The molecule has 0 aliphatic carbocycles. The molecule has 2 nitrogen and oxygen atoms in total. The third kappa shape index (κ3) is 1.89. The molecule has 1 N–H and O–H groups in total. The molecule has 2 heterocycles. The molecule has 0 radical (unpaired) electrons. The quantitative estimate of drug-likeness (QED) is 0.693. The van der Waals surface area contributed by atoms with E-state index in [1.165, 1.54) is 6.42 Å². The van der Waals surface area contributed by atoms with Crippen molar-refractivity contribution in [2.75, 3.05) is 0 Å². The van der Waals surface area contributed by atoms with Crippen LogP contribution in [0.25, 0.3) is 0 Å². The highest BCUT2D eigenvalue weighted by molar-refractivity contribution is 7.86. The summed E-state index contributed by atoms with van der Waals surface area (Å²) in [7, 11) is -0.677. The lowest BCUT2D eigenvalue weighted by Gasteiger charge is -2.50. The van der Waals surface area contributed by atoms with E-state index in [4.69, 9.17) is 0 Å². The molecule has 0 aromatic rings. The normalized spacial score (nSPS) is 46.5. The molecular formula is C12H22O2S. The fourth-order valence-electron chi connectivity index (χ4n) is 2.90. The molecule has 2 rings (SSSR count). The van der Waals surface area contributed by atoms with Crippen LogP contribution in [-0.2, 0) is 10.8 Å². The zero-order valence-electron chi connectivity index (χ0n) is 9.95. The van der Waals surface area contributed by atoms with Crippen molar-refractivity contribution in [1.82, 2.24) is 0 Å². The van der Waals surface area contributed by atoms with E-state index in [-0.39, 0.29) is 15.9 Å². The molecule has 2 fully saturated rings. The second-order valence-electron chi connectivity index (χ2n) is 6.19. The minimum Gasteiger partial charge on any atom is -0.389 e. The van der Waals surface area contributed by atoms with Gasteiger partial charge >= 0.3 is 0 Å². The zero-order chi connectivity index (χ0) is 11.3. The Bertz CT molecular complexity index is 264. The van der Waals surface area contributed by atoms with Gasteiger partial charge in [0.2, 0.25) is 0 Å². The van der Waals surface area contributed by atoms with Gasteiger partial charge in [0.15, 0.2) is 0 Å². The van der Waals surface area contributed by atoms with Crippen molar-refractivity contribution in [3.05, 3.63) is 0 Å². The Morgan fingerprint density at radius 3 is 2.07 bits per heavy atom. The molecule has 88 valence electrons. The minimum atomic E-state index is -0.677. The van der Waals surface area contributed by atoms with Crippen molar-refractivity contribution in [2.24, 2.45) is 5.41 Å². The molecule has 15 heavy (non-hydrogen) atoms. The van der Waals surface area contributed by atoms with Crippen LogP contribution >= 0.6 is 0 Å². The summed E-state index contributed by atoms with van der Waals surface area (Å²) in [5.41, 5.74) is -0.692. The largest absolute Gasteiger partial charge is 0.389 e. The molecule has 2 saturated heterocycles. The van der Waals surface area contributed by atoms with E-state index in [0.29, 0.717) is 0 Å². The van der Waals surface area contributed by atoms with Crippen molar-refractivity contribution < 1.29 is 9.32 Å². The van der Waals surface area contributed by atoms with Crippen molar-refractivity contribution in [1.29, 1.82) is 0 Å². The Balaban J connectivity index is 2.24. The van der Waals surface area contributed by atoms with Gasteiger partial charge in [0.1, 0.15) is 0 Å². The fraction of sp³-hybridized carbons (Fsp3) is 1.00. The van der Waals surface area contributed by atoms with Gasteiger partial charge in [-0.3, -0.25) is 4.21 Å². The van der Waals surface area contributed by atoms with Crippen LogP contribution in [0.4, 0.5) is 0 Å². The highest BCUT2D eigenvalue weighted by Gasteiger charge is 2.50. The molecule has 0 aromatic carbocycles. The van der Waals surface area contributed by atoms with Gasteiger partial charge in [-0.05, 0) is 31.1 Å². The maximum absolute atomic E-state index is 12.0. The molecule has 2 unspecified atom stereocenters. The summed E-state index contributed by atoms with van der Waals surface area (Å²) in [5, 5.41) is 11.2. The van der Waals surface area contributed by atoms with Crippen LogP contribution in [0, 0.1) is 5.41 Å². The van der Waals surface area contributed by atoms with Gasteiger partial charge < -0.3 is 5.11 Å². The Hall–Kier alpha value is 0.110. The van der Waals surface area contributed by atoms with Crippen molar-refractivity contribution in [3.63, 3.8) is 0 Å². The molecule has 0 saturated carbocycles. The van der Waals surface area contributed by atoms with Crippen LogP contribution in [0.5, 0.6) is 0 Å². The average Bonchev–Trinajstić information content (AvgIpc) is 2.05. The van der Waals surface area contributed by atoms with E-state index in [1.807, 2.05) is 0 Å². The van der Waals surface area contributed by atoms with E-state index in [9.17, 15) is 9.32 Å². The monoisotopic (exact) mass is 230 g/mol. The molecule has 2 bridgehead atoms. The minimum absolute atomic E-state index is 0.0918. The highest BCUT2D eigenvalue weighted by atomic mass is 32.2. The lowest BCUT2D eigenvalue weighted by molar-refractivity contribution is -0.0786. The predicted molar refractivity (Wildman–Crippen MR) is 63.2 cm³/mol. The number of hydrogen-bond donors (Lipinski definition) is 1. The highest BCUT2D eigenvalue weighted by Crippen LogP contribution is 2.47. The van der Waals surface area contributed by atoms with E-state index < -0.39 is 16.4 Å². The van der Waals surface area contributed by atoms with Crippen molar-refractivity contribution in [2.45, 2.75) is 69.0 Å². The summed E-state index contributed by atoms with van der Waals surface area (Å²) in [5.74, 6) is 0. The lowest BCUT2D eigenvalue weighted by atomic mass is 9.69. The first-order valence-corrected chi connectivity index (χ1v) is 7.23. The molecule has 3 heteroatoms. The van der Waals surface area contributed by atoms with Gasteiger partial charge in [-0.15, -0.1) is 0 Å². The summed E-state index contributed by atoms with van der Waals surface area (Å²) in [6.07, 6.45) is 4.75. The summed E-state index contributed by atoms with van der Waals surface area (Å²) in [6, 6.07) is 0. The number of aliphatic hydroxyl groups is 1. The van der Waals surface area contributed by atoms with Gasteiger partial charge in [0.25, 0.3) is 0 Å². The van der Waals surface area contributed by atoms with Gasteiger partial charge in [0, 0.05) is 21.3 Å². The first-order chi connectivity index (χ1) is 6.83. The summed E-state index contributed by atoms with van der Waals surface area (Å²) < 4.78 is 12.0. The van der Waals surface area contributed by atoms with Crippen LogP contribution in [-0.4, -0.2) is 25.4 Å². The summed E-state index contributed by atoms with van der Waals surface area (Å²) >= 11 is 0. The van der Waals surface area contributed by atoms with Crippen LogP contribution < -0.4 is 0 Å². The smallest absolute Gasteiger partial charge is 0.0718 e. The van der Waals surface area contributed by atoms with Crippen LogP contribution in [0.2, 0.25) is 0 Å². The zero-order valence-corrected chi connectivity index (χ0v) is 10.8. The maximum atomic E-state index is 12.0. The number of fused-ring (bicyclic) bond motifs is 2. The topological polar surface area (TPSA) is 37.3 Å². The molecular weight excluding hydrogens is 208 g/mol.